The Morgan fingerprint density at radius 1 is 1.02 bits per heavy atom. The Kier molecular flexibility index (Phi) is 9.33. The number of amides is 1. The summed E-state index contributed by atoms with van der Waals surface area (Å²) in [6, 6.07) is 14.9. The van der Waals surface area contributed by atoms with Gasteiger partial charge in [0.2, 0.25) is 10.0 Å². The van der Waals surface area contributed by atoms with Crippen LogP contribution >= 0.6 is 0 Å². The van der Waals surface area contributed by atoms with Crippen molar-refractivity contribution in [3.63, 3.8) is 0 Å². The SMILES string of the molecule is CCCN([C@@H](Cc1ccc(OC(=O)N2CCN(c3ccccn3)CC2)cc1)C(=O)O)S(=O)(=O)c1ccc(F)cc1. The molecule has 0 saturated carbocycles. The summed E-state index contributed by atoms with van der Waals surface area (Å²) in [7, 11) is -4.20. The zero-order valence-corrected chi connectivity index (χ0v) is 22.8. The van der Waals surface area contributed by atoms with Crippen molar-refractivity contribution in [2.45, 2.75) is 30.7 Å². The zero-order chi connectivity index (χ0) is 28.7. The van der Waals surface area contributed by atoms with Gasteiger partial charge in [-0.15, -0.1) is 0 Å². The monoisotopic (exact) mass is 570 g/mol. The number of nitrogens with zero attached hydrogens (tertiary/aromatic N) is 4. The summed E-state index contributed by atoms with van der Waals surface area (Å²) in [5.41, 5.74) is 0.548. The lowest BCUT2D eigenvalue weighted by molar-refractivity contribution is -0.141. The van der Waals surface area contributed by atoms with Crippen molar-refractivity contribution in [2.24, 2.45) is 0 Å². The number of hydrogen-bond donors (Lipinski definition) is 1. The lowest BCUT2D eigenvalue weighted by Gasteiger charge is -2.34. The highest BCUT2D eigenvalue weighted by molar-refractivity contribution is 7.89. The maximum absolute atomic E-state index is 13.4. The molecule has 1 fully saturated rings. The first-order valence-electron chi connectivity index (χ1n) is 12.9. The number of aromatic nitrogens is 1. The third-order valence-electron chi connectivity index (χ3n) is 6.57. The minimum Gasteiger partial charge on any atom is -0.480 e. The molecule has 0 bridgehead atoms. The molecule has 4 rings (SSSR count). The van der Waals surface area contributed by atoms with E-state index in [-0.39, 0.29) is 23.6 Å². The Morgan fingerprint density at radius 2 is 1.70 bits per heavy atom. The van der Waals surface area contributed by atoms with E-state index in [0.29, 0.717) is 38.2 Å². The number of carboxylic acid groups (broad SMARTS) is 1. The highest BCUT2D eigenvalue weighted by atomic mass is 32.2. The van der Waals surface area contributed by atoms with Gasteiger partial charge in [-0.25, -0.2) is 22.6 Å². The van der Waals surface area contributed by atoms with Crippen molar-refractivity contribution in [1.82, 2.24) is 14.2 Å². The normalized spacial score (nSPS) is 14.7. The van der Waals surface area contributed by atoms with Gasteiger partial charge < -0.3 is 19.6 Å². The number of piperazine rings is 1. The molecule has 1 N–H and O–H groups in total. The molecule has 3 aromatic rings. The van der Waals surface area contributed by atoms with Crippen LogP contribution in [0.15, 0.2) is 77.8 Å². The first-order chi connectivity index (χ1) is 19.2. The van der Waals surface area contributed by atoms with Crippen molar-refractivity contribution in [3.8, 4) is 5.75 Å². The van der Waals surface area contributed by atoms with E-state index in [1.54, 1.807) is 42.3 Å². The van der Waals surface area contributed by atoms with E-state index < -0.39 is 33.9 Å². The smallest absolute Gasteiger partial charge is 0.415 e. The lowest BCUT2D eigenvalue weighted by Crippen LogP contribution is -2.49. The fraction of sp³-hybridized carbons (Fsp3) is 0.321. The van der Waals surface area contributed by atoms with Gasteiger partial charge in [-0.2, -0.15) is 4.31 Å². The van der Waals surface area contributed by atoms with Crippen LogP contribution in [-0.4, -0.2) is 78.5 Å². The molecule has 2 aromatic carbocycles. The zero-order valence-electron chi connectivity index (χ0n) is 22.0. The van der Waals surface area contributed by atoms with Gasteiger partial charge in [-0.3, -0.25) is 4.79 Å². The largest absolute Gasteiger partial charge is 0.480 e. The fourth-order valence-corrected chi connectivity index (χ4v) is 6.13. The fourth-order valence-electron chi connectivity index (χ4n) is 4.46. The van der Waals surface area contributed by atoms with Gasteiger partial charge in [0.1, 0.15) is 23.4 Å². The van der Waals surface area contributed by atoms with Crippen molar-refractivity contribution in [1.29, 1.82) is 0 Å². The highest BCUT2D eigenvalue weighted by Crippen LogP contribution is 2.23. The van der Waals surface area contributed by atoms with Crippen LogP contribution in [0, 0.1) is 5.82 Å². The molecule has 1 saturated heterocycles. The van der Waals surface area contributed by atoms with Crippen LogP contribution in [0.2, 0.25) is 0 Å². The first-order valence-corrected chi connectivity index (χ1v) is 14.3. The summed E-state index contributed by atoms with van der Waals surface area (Å²) in [6.45, 7) is 3.91. The predicted molar refractivity (Wildman–Crippen MR) is 146 cm³/mol. The Balaban J connectivity index is 1.40. The van der Waals surface area contributed by atoms with Gasteiger partial charge in [0.05, 0.1) is 4.90 Å². The van der Waals surface area contributed by atoms with Crippen LogP contribution in [0.5, 0.6) is 5.75 Å². The van der Waals surface area contributed by atoms with Crippen LogP contribution in [0.3, 0.4) is 0 Å². The van der Waals surface area contributed by atoms with Crippen molar-refractivity contribution < 1.29 is 32.2 Å². The van der Waals surface area contributed by atoms with Crippen molar-refractivity contribution >= 4 is 27.9 Å². The van der Waals surface area contributed by atoms with Crippen LogP contribution in [-0.2, 0) is 21.2 Å². The number of halogens is 1. The molecular formula is C28H31FN4O6S. The molecule has 1 aliphatic heterocycles. The van der Waals surface area contributed by atoms with E-state index >= 15 is 0 Å². The summed E-state index contributed by atoms with van der Waals surface area (Å²) in [5, 5.41) is 9.95. The predicted octanol–water partition coefficient (Wildman–Crippen LogP) is 3.64. The first kappa shape index (κ1) is 29.0. The standard InChI is InChI=1S/C28H31FN4O6S/c1-2-15-33(40(37,38)24-12-8-22(29)9-13-24)25(27(34)35)20-21-6-10-23(11-7-21)39-28(36)32-18-16-31(17-19-32)26-5-3-4-14-30-26/h3-14,25H,2,15-20H2,1H3,(H,34,35)/t25-/m0/s1. The molecule has 12 heteroatoms. The Bertz CT molecular complexity index is 1400. The molecule has 0 spiro atoms. The minimum absolute atomic E-state index is 0.0278. The number of ether oxygens (including phenoxy) is 1. The minimum atomic E-state index is -4.20. The van der Waals surface area contributed by atoms with Gasteiger partial charge in [0.15, 0.2) is 0 Å². The van der Waals surface area contributed by atoms with E-state index in [2.05, 4.69) is 9.88 Å². The van der Waals surface area contributed by atoms with Crippen LogP contribution < -0.4 is 9.64 Å². The number of hydrogen-bond acceptors (Lipinski definition) is 7. The molecule has 10 nitrogen and oxygen atoms in total. The molecule has 1 amide bonds. The number of carboxylic acids is 1. The second-order valence-electron chi connectivity index (χ2n) is 9.30. The summed E-state index contributed by atoms with van der Waals surface area (Å²) in [5.74, 6) is -0.756. The number of rotatable bonds is 10. The molecule has 212 valence electrons. The number of anilines is 1. The van der Waals surface area contributed by atoms with E-state index in [0.717, 1.165) is 34.4 Å². The summed E-state index contributed by atoms with van der Waals surface area (Å²) >= 11 is 0. The Labute approximate surface area is 232 Å². The molecule has 1 aromatic heterocycles. The molecule has 40 heavy (non-hydrogen) atoms. The quantitative estimate of drug-likeness (QED) is 0.392. The van der Waals surface area contributed by atoms with Crippen molar-refractivity contribution in [3.05, 3.63) is 84.3 Å². The second-order valence-corrected chi connectivity index (χ2v) is 11.2. The second kappa shape index (κ2) is 12.9. The third-order valence-corrected chi connectivity index (χ3v) is 8.49. The molecule has 2 heterocycles. The molecule has 1 aliphatic rings. The number of carbonyl (C=O) groups is 2. The van der Waals surface area contributed by atoms with Gasteiger partial charge in [-0.05, 0) is 66.9 Å². The molecule has 0 aliphatic carbocycles. The number of carbonyl (C=O) groups excluding carboxylic acids is 1. The maximum Gasteiger partial charge on any atom is 0.415 e. The average Bonchev–Trinajstić information content (AvgIpc) is 2.96. The summed E-state index contributed by atoms with van der Waals surface area (Å²) in [6.07, 6.45) is 1.51. The van der Waals surface area contributed by atoms with E-state index in [1.807, 2.05) is 18.2 Å². The van der Waals surface area contributed by atoms with Gasteiger partial charge in [0, 0.05) is 38.9 Å². The Hall–Kier alpha value is -4.03. The topological polar surface area (TPSA) is 120 Å². The van der Waals surface area contributed by atoms with Gasteiger partial charge in [0.25, 0.3) is 0 Å². The van der Waals surface area contributed by atoms with Crippen molar-refractivity contribution in [2.75, 3.05) is 37.6 Å². The molecular weight excluding hydrogens is 539 g/mol. The van der Waals surface area contributed by atoms with E-state index in [4.69, 9.17) is 4.74 Å². The molecule has 0 radical (unpaired) electrons. The highest BCUT2D eigenvalue weighted by Gasteiger charge is 2.35. The van der Waals surface area contributed by atoms with Crippen LogP contribution in [0.1, 0.15) is 18.9 Å². The van der Waals surface area contributed by atoms with E-state index in [1.165, 1.54) is 0 Å². The number of pyridine rings is 1. The number of sulfonamides is 1. The third kappa shape index (κ3) is 6.93. The lowest BCUT2D eigenvalue weighted by atomic mass is 10.1. The van der Waals surface area contributed by atoms with E-state index in [9.17, 15) is 27.5 Å². The van der Waals surface area contributed by atoms with Crippen LogP contribution in [0.25, 0.3) is 0 Å². The Morgan fingerprint density at radius 3 is 2.27 bits per heavy atom. The number of aliphatic carboxylic acids is 1. The summed E-state index contributed by atoms with van der Waals surface area (Å²) in [4.78, 5) is 32.7. The molecule has 0 unspecified atom stereocenters. The molecule has 1 atom stereocenters. The van der Waals surface area contributed by atoms with Gasteiger partial charge >= 0.3 is 12.1 Å². The maximum atomic E-state index is 13.4. The van der Waals surface area contributed by atoms with Gasteiger partial charge in [-0.1, -0.05) is 25.1 Å². The van der Waals surface area contributed by atoms with Crippen LogP contribution in [0.4, 0.5) is 15.0 Å². The average molecular weight is 571 g/mol. The number of benzene rings is 2. The summed E-state index contributed by atoms with van der Waals surface area (Å²) < 4.78 is 46.3.